The number of para-hydroxylation sites is 1. The summed E-state index contributed by atoms with van der Waals surface area (Å²) in [4.78, 5) is 29.4. The van der Waals surface area contributed by atoms with Gasteiger partial charge in [0.2, 0.25) is 0 Å². The number of halogens is 1. The van der Waals surface area contributed by atoms with Gasteiger partial charge in [-0.25, -0.2) is 0 Å². The number of nitrogens with one attached hydrogen (secondary N) is 3. The molecule has 1 aliphatic rings. The molecule has 1 aliphatic heterocycles. The Morgan fingerprint density at radius 2 is 1.62 bits per heavy atom. The molecule has 154 valence electrons. The Labute approximate surface area is 177 Å². The number of carbonyl (C=O) groups is 2. The van der Waals surface area contributed by atoms with Crippen molar-refractivity contribution in [2.24, 2.45) is 0 Å². The molecule has 2 aromatic rings. The van der Waals surface area contributed by atoms with E-state index in [1.165, 1.54) is 9.80 Å². The van der Waals surface area contributed by atoms with Gasteiger partial charge in [0.15, 0.2) is 12.6 Å². The topological polar surface area (TPSA) is 58.3 Å². The van der Waals surface area contributed by atoms with Gasteiger partial charge < -0.3 is 20.0 Å². The molecule has 3 N–H and O–H groups in total. The monoisotopic (exact) mass is 416 g/mol. The molecule has 2 aromatic carbocycles. The van der Waals surface area contributed by atoms with Crippen molar-refractivity contribution in [1.82, 2.24) is 4.90 Å². The highest BCUT2D eigenvalue weighted by atomic mass is 35.5. The van der Waals surface area contributed by atoms with Crippen molar-refractivity contribution in [3.8, 4) is 0 Å². The van der Waals surface area contributed by atoms with E-state index in [4.69, 9.17) is 11.6 Å². The maximum atomic E-state index is 12.9. The van der Waals surface area contributed by atoms with Gasteiger partial charge in [0.25, 0.3) is 11.8 Å². The Balaban J connectivity index is 1.59. The minimum absolute atomic E-state index is 0.0412. The summed E-state index contributed by atoms with van der Waals surface area (Å²) in [5, 5.41) is 3.43. The minimum Gasteiger partial charge on any atom is -0.343 e. The molecule has 6 nitrogen and oxygen atoms in total. The van der Waals surface area contributed by atoms with E-state index in [0.717, 1.165) is 31.7 Å². The number of hydrogen-bond donors (Lipinski definition) is 3. The number of amides is 2. The van der Waals surface area contributed by atoms with Crippen LogP contribution in [-0.2, 0) is 9.59 Å². The lowest BCUT2D eigenvalue weighted by atomic mass is 10.0. The summed E-state index contributed by atoms with van der Waals surface area (Å²) in [5.41, 5.74) is 1.68. The number of hydrogen-bond acceptors (Lipinski definition) is 2. The van der Waals surface area contributed by atoms with Gasteiger partial charge in [-0.05, 0) is 12.1 Å². The number of carbonyl (C=O) groups excluding carboxylic acids is 2. The van der Waals surface area contributed by atoms with Gasteiger partial charge in [0, 0.05) is 19.7 Å². The first-order valence-corrected chi connectivity index (χ1v) is 10.3. The molecule has 1 fully saturated rings. The summed E-state index contributed by atoms with van der Waals surface area (Å²) >= 11 is 6.12. The molecule has 29 heavy (non-hydrogen) atoms. The van der Waals surface area contributed by atoms with E-state index in [9.17, 15) is 9.59 Å². The molecule has 1 saturated heterocycles. The number of quaternary nitrogens is 2. The van der Waals surface area contributed by atoms with E-state index in [2.05, 4.69) is 5.32 Å². The average Bonchev–Trinajstić information content (AvgIpc) is 2.72. The smallest absolute Gasteiger partial charge is 0.285 e. The Morgan fingerprint density at radius 1 is 1.00 bits per heavy atom. The van der Waals surface area contributed by atoms with Gasteiger partial charge in [0.1, 0.15) is 26.2 Å². The highest BCUT2D eigenvalue weighted by Gasteiger charge is 2.36. The number of benzene rings is 2. The molecule has 0 saturated carbocycles. The van der Waals surface area contributed by atoms with Crippen LogP contribution in [0.1, 0.15) is 11.6 Å². The Hall–Kier alpha value is -2.41. The van der Waals surface area contributed by atoms with Crippen LogP contribution in [0.25, 0.3) is 0 Å². The van der Waals surface area contributed by atoms with Crippen LogP contribution in [0.4, 0.5) is 5.69 Å². The number of rotatable bonds is 6. The van der Waals surface area contributed by atoms with Gasteiger partial charge in [-0.15, -0.1) is 0 Å². The molecular weight excluding hydrogens is 388 g/mol. The van der Waals surface area contributed by atoms with Crippen LogP contribution in [0, 0.1) is 0 Å². The maximum Gasteiger partial charge on any atom is 0.285 e. The van der Waals surface area contributed by atoms with Crippen molar-refractivity contribution in [3.05, 3.63) is 65.2 Å². The van der Waals surface area contributed by atoms with Crippen molar-refractivity contribution in [2.45, 2.75) is 6.04 Å². The predicted molar refractivity (Wildman–Crippen MR) is 114 cm³/mol. The van der Waals surface area contributed by atoms with Crippen molar-refractivity contribution in [3.63, 3.8) is 0 Å². The zero-order chi connectivity index (χ0) is 20.8. The lowest BCUT2D eigenvalue weighted by Gasteiger charge is -2.34. The van der Waals surface area contributed by atoms with Crippen molar-refractivity contribution >= 4 is 29.1 Å². The second-order valence-corrected chi connectivity index (χ2v) is 8.10. The molecule has 0 bridgehead atoms. The Morgan fingerprint density at radius 3 is 2.24 bits per heavy atom. The third kappa shape index (κ3) is 5.56. The second-order valence-electron chi connectivity index (χ2n) is 7.69. The fraction of sp³-hybridized carbons (Fsp3) is 0.364. The molecule has 0 aromatic heterocycles. The first-order valence-electron chi connectivity index (χ1n) is 9.94. The van der Waals surface area contributed by atoms with Crippen LogP contribution in [0.3, 0.4) is 0 Å². The molecule has 0 spiro atoms. The average molecular weight is 417 g/mol. The number of piperazine rings is 1. The van der Waals surface area contributed by atoms with E-state index in [1.807, 2.05) is 42.5 Å². The molecular formula is C22H29ClN4O2+2. The van der Waals surface area contributed by atoms with Crippen LogP contribution < -0.4 is 15.1 Å². The quantitative estimate of drug-likeness (QED) is 0.615. The van der Waals surface area contributed by atoms with Crippen LogP contribution in [0.2, 0.25) is 5.02 Å². The molecule has 0 radical (unpaired) electrons. The molecule has 1 heterocycles. The first kappa shape index (κ1) is 21.3. The summed E-state index contributed by atoms with van der Waals surface area (Å²) in [6, 6.07) is 17.0. The molecule has 2 amide bonds. The van der Waals surface area contributed by atoms with Crippen molar-refractivity contribution < 1.29 is 19.4 Å². The number of likely N-dealkylation sites (N-methyl/N-ethyl adjacent to an activating group) is 1. The zero-order valence-corrected chi connectivity index (χ0v) is 17.7. The van der Waals surface area contributed by atoms with Gasteiger partial charge in [-0.2, -0.15) is 0 Å². The van der Waals surface area contributed by atoms with Gasteiger partial charge in [-0.1, -0.05) is 54.1 Å². The van der Waals surface area contributed by atoms with Crippen molar-refractivity contribution in [1.29, 1.82) is 0 Å². The predicted octanol–water partition coefficient (Wildman–Crippen LogP) is -0.109. The van der Waals surface area contributed by atoms with Gasteiger partial charge in [0.05, 0.1) is 10.7 Å². The number of anilines is 1. The lowest BCUT2D eigenvalue weighted by molar-refractivity contribution is -1.02. The highest BCUT2D eigenvalue weighted by molar-refractivity contribution is 6.33. The van der Waals surface area contributed by atoms with E-state index in [-0.39, 0.29) is 17.9 Å². The molecule has 0 unspecified atom stereocenters. The summed E-state index contributed by atoms with van der Waals surface area (Å²) in [7, 11) is 3.61. The third-order valence-electron chi connectivity index (χ3n) is 5.39. The van der Waals surface area contributed by atoms with E-state index in [0.29, 0.717) is 17.3 Å². The molecule has 3 rings (SSSR count). The third-order valence-corrected chi connectivity index (χ3v) is 5.72. The summed E-state index contributed by atoms with van der Waals surface area (Å²) in [6.45, 7) is 3.77. The van der Waals surface area contributed by atoms with Gasteiger partial charge in [-0.3, -0.25) is 9.59 Å². The zero-order valence-electron chi connectivity index (χ0n) is 17.0. The Kier molecular flexibility index (Phi) is 7.25. The largest absolute Gasteiger partial charge is 0.343 e. The Bertz CT molecular complexity index is 836. The molecule has 1 atom stereocenters. The minimum atomic E-state index is -0.204. The van der Waals surface area contributed by atoms with Crippen molar-refractivity contribution in [2.75, 3.05) is 52.1 Å². The van der Waals surface area contributed by atoms with E-state index >= 15 is 0 Å². The van der Waals surface area contributed by atoms with Crippen LogP contribution >= 0.6 is 11.6 Å². The number of nitrogens with zero attached hydrogens (tertiary/aromatic N) is 1. The second kappa shape index (κ2) is 9.87. The van der Waals surface area contributed by atoms with Gasteiger partial charge >= 0.3 is 0 Å². The fourth-order valence-electron chi connectivity index (χ4n) is 3.83. The summed E-state index contributed by atoms with van der Waals surface area (Å²) in [5.74, 6) is 0.0756. The summed E-state index contributed by atoms with van der Waals surface area (Å²) in [6.07, 6.45) is 0. The first-order chi connectivity index (χ1) is 14.0. The SMILES string of the molecule is CN(C)C(=O)[C@H](c1ccccc1)[NH+]1CC[NH+](CC(=O)Nc2ccccc2Cl)CC1. The highest BCUT2D eigenvalue weighted by Crippen LogP contribution is 2.19. The maximum absolute atomic E-state index is 12.9. The lowest BCUT2D eigenvalue weighted by Crippen LogP contribution is -3.28. The van der Waals surface area contributed by atoms with E-state index < -0.39 is 0 Å². The standard InChI is InChI=1S/C22H27ClN4O2/c1-25(2)22(29)21(17-8-4-3-5-9-17)27-14-12-26(13-15-27)16-20(28)24-19-11-7-6-10-18(19)23/h3-11,21H,12-16H2,1-2H3,(H,24,28)/p+2/t21-/m0/s1. The van der Waals surface area contributed by atoms with Crippen LogP contribution in [-0.4, -0.2) is 63.5 Å². The summed E-state index contributed by atoms with van der Waals surface area (Å²) < 4.78 is 0. The molecule has 0 aliphatic carbocycles. The molecule has 7 heteroatoms. The normalized spacial score (nSPS) is 20.0. The fourth-order valence-corrected chi connectivity index (χ4v) is 4.01. The van der Waals surface area contributed by atoms with Crippen LogP contribution in [0.5, 0.6) is 0 Å². The van der Waals surface area contributed by atoms with Crippen LogP contribution in [0.15, 0.2) is 54.6 Å². The van der Waals surface area contributed by atoms with E-state index in [1.54, 1.807) is 31.1 Å².